The monoisotopic (exact) mass is 238 g/mol. The molecule has 1 aromatic carbocycles. The largest absolute Gasteiger partial charge is 0.372 e. The summed E-state index contributed by atoms with van der Waals surface area (Å²) in [7, 11) is 0. The summed E-state index contributed by atoms with van der Waals surface area (Å²) in [6, 6.07) is 5.32. The molecule has 0 aliphatic heterocycles. The zero-order valence-corrected chi connectivity index (χ0v) is 11.1. The van der Waals surface area contributed by atoms with Gasteiger partial charge in [0.25, 0.3) is 0 Å². The summed E-state index contributed by atoms with van der Waals surface area (Å²) in [6.45, 7) is 9.63. The highest BCUT2D eigenvalue weighted by atomic mass is 19.1. The number of benzene rings is 1. The highest BCUT2D eigenvalue weighted by Crippen LogP contribution is 2.23. The van der Waals surface area contributed by atoms with Gasteiger partial charge in [-0.2, -0.15) is 0 Å². The van der Waals surface area contributed by atoms with E-state index in [0.29, 0.717) is 6.54 Å². The van der Waals surface area contributed by atoms with Gasteiger partial charge in [-0.1, -0.05) is 13.0 Å². The summed E-state index contributed by atoms with van der Waals surface area (Å²) in [6.07, 6.45) is 1.06. The normalized spacial score (nSPS) is 10.6. The summed E-state index contributed by atoms with van der Waals surface area (Å²) in [5.41, 5.74) is 1.79. The summed E-state index contributed by atoms with van der Waals surface area (Å²) >= 11 is 0. The first-order chi connectivity index (χ1) is 8.24. The summed E-state index contributed by atoms with van der Waals surface area (Å²) in [4.78, 5) is 2.19. The molecule has 0 spiro atoms. The fourth-order valence-corrected chi connectivity index (χ4v) is 1.97. The third-order valence-corrected chi connectivity index (χ3v) is 2.93. The Hall–Kier alpha value is -1.09. The van der Waals surface area contributed by atoms with Crippen LogP contribution in [0.1, 0.15) is 32.8 Å². The van der Waals surface area contributed by atoms with Crippen molar-refractivity contribution < 1.29 is 4.39 Å². The molecule has 2 nitrogen and oxygen atoms in total. The van der Waals surface area contributed by atoms with Crippen molar-refractivity contribution in [3.05, 3.63) is 29.6 Å². The molecule has 0 radical (unpaired) electrons. The lowest BCUT2D eigenvalue weighted by Gasteiger charge is -2.24. The van der Waals surface area contributed by atoms with Gasteiger partial charge in [-0.15, -0.1) is 0 Å². The van der Waals surface area contributed by atoms with E-state index in [0.717, 1.165) is 37.3 Å². The quantitative estimate of drug-likeness (QED) is 0.734. The molecular weight excluding hydrogens is 215 g/mol. The Bertz CT molecular complexity index is 335. The number of nitrogens with zero attached hydrogens (tertiary/aromatic N) is 1. The predicted molar refractivity (Wildman–Crippen MR) is 72.0 cm³/mol. The fraction of sp³-hybridized carbons (Fsp3) is 0.571. The smallest absolute Gasteiger partial charge is 0.129 e. The summed E-state index contributed by atoms with van der Waals surface area (Å²) in [5.74, 6) is -0.113. The number of anilines is 1. The van der Waals surface area contributed by atoms with E-state index in [2.05, 4.69) is 31.0 Å². The molecule has 0 bridgehead atoms. The van der Waals surface area contributed by atoms with Gasteiger partial charge in [0.05, 0.1) is 0 Å². The minimum absolute atomic E-state index is 0.113. The molecule has 1 aromatic rings. The van der Waals surface area contributed by atoms with Crippen molar-refractivity contribution in [2.24, 2.45) is 0 Å². The van der Waals surface area contributed by atoms with Crippen LogP contribution in [0.15, 0.2) is 18.2 Å². The molecule has 0 amide bonds. The molecule has 1 N–H and O–H groups in total. The Balaban J connectivity index is 2.90. The molecule has 0 fully saturated rings. The van der Waals surface area contributed by atoms with Crippen molar-refractivity contribution in [1.29, 1.82) is 0 Å². The highest BCUT2D eigenvalue weighted by Gasteiger charge is 2.11. The van der Waals surface area contributed by atoms with Crippen LogP contribution in [0.5, 0.6) is 0 Å². The van der Waals surface area contributed by atoms with Crippen molar-refractivity contribution in [3.63, 3.8) is 0 Å². The van der Waals surface area contributed by atoms with E-state index < -0.39 is 0 Å². The van der Waals surface area contributed by atoms with Crippen LogP contribution in [0.2, 0.25) is 0 Å². The molecule has 0 saturated heterocycles. The second kappa shape index (κ2) is 7.28. The Morgan fingerprint density at radius 2 is 1.88 bits per heavy atom. The third kappa shape index (κ3) is 3.70. The van der Waals surface area contributed by atoms with Crippen LogP contribution in [0.3, 0.4) is 0 Å². The van der Waals surface area contributed by atoms with E-state index in [1.54, 1.807) is 6.07 Å². The maximum atomic E-state index is 13.8. The molecule has 0 aliphatic rings. The standard InChI is InChI=1S/C14H23FN2/c1-4-10-16-11-12-13(15)8-7-9-14(12)17(5-2)6-3/h7-9,16H,4-6,10-11H2,1-3H3. The SMILES string of the molecule is CCCNCc1c(F)cccc1N(CC)CC. The van der Waals surface area contributed by atoms with Gasteiger partial charge < -0.3 is 10.2 Å². The predicted octanol–water partition coefficient (Wildman–Crippen LogP) is 3.17. The Kier molecular flexibility index (Phi) is 5.98. The van der Waals surface area contributed by atoms with Gasteiger partial charge in [-0.05, 0) is 38.9 Å². The van der Waals surface area contributed by atoms with Crippen LogP contribution in [-0.4, -0.2) is 19.6 Å². The second-order valence-corrected chi connectivity index (χ2v) is 4.09. The number of hydrogen-bond acceptors (Lipinski definition) is 2. The molecule has 0 saturated carbocycles. The number of halogens is 1. The van der Waals surface area contributed by atoms with E-state index >= 15 is 0 Å². The first kappa shape index (κ1) is 14.0. The first-order valence-electron chi connectivity index (χ1n) is 6.47. The van der Waals surface area contributed by atoms with Crippen LogP contribution in [0.25, 0.3) is 0 Å². The average molecular weight is 238 g/mol. The van der Waals surface area contributed by atoms with Crippen molar-refractivity contribution in [3.8, 4) is 0 Å². The molecule has 0 aromatic heterocycles. The van der Waals surface area contributed by atoms with Crippen LogP contribution >= 0.6 is 0 Å². The maximum Gasteiger partial charge on any atom is 0.129 e. The molecule has 17 heavy (non-hydrogen) atoms. The van der Waals surface area contributed by atoms with Crippen molar-refractivity contribution in [2.75, 3.05) is 24.5 Å². The Morgan fingerprint density at radius 3 is 2.47 bits per heavy atom. The van der Waals surface area contributed by atoms with Gasteiger partial charge in [0.2, 0.25) is 0 Å². The minimum atomic E-state index is -0.113. The Labute approximate surface area is 104 Å². The molecule has 0 atom stereocenters. The number of rotatable bonds is 7. The van der Waals surface area contributed by atoms with Crippen LogP contribution in [0.4, 0.5) is 10.1 Å². The summed E-state index contributed by atoms with van der Waals surface area (Å²) in [5, 5.41) is 3.27. The molecule has 0 heterocycles. The first-order valence-corrected chi connectivity index (χ1v) is 6.47. The lowest BCUT2D eigenvalue weighted by Crippen LogP contribution is -2.25. The molecule has 0 aliphatic carbocycles. The highest BCUT2D eigenvalue weighted by molar-refractivity contribution is 5.54. The maximum absolute atomic E-state index is 13.8. The zero-order chi connectivity index (χ0) is 12.7. The van der Waals surface area contributed by atoms with Gasteiger partial charge >= 0.3 is 0 Å². The third-order valence-electron chi connectivity index (χ3n) is 2.93. The minimum Gasteiger partial charge on any atom is -0.372 e. The average Bonchev–Trinajstić information content (AvgIpc) is 2.34. The van der Waals surface area contributed by atoms with E-state index in [9.17, 15) is 4.39 Å². The van der Waals surface area contributed by atoms with Crippen LogP contribution < -0.4 is 10.2 Å². The second-order valence-electron chi connectivity index (χ2n) is 4.09. The van der Waals surface area contributed by atoms with Crippen molar-refractivity contribution in [1.82, 2.24) is 5.32 Å². The topological polar surface area (TPSA) is 15.3 Å². The van der Waals surface area contributed by atoms with Gasteiger partial charge in [-0.25, -0.2) is 4.39 Å². The molecule has 1 rings (SSSR count). The molecule has 0 unspecified atom stereocenters. The number of nitrogens with one attached hydrogen (secondary N) is 1. The van der Waals surface area contributed by atoms with E-state index in [4.69, 9.17) is 0 Å². The van der Waals surface area contributed by atoms with E-state index in [-0.39, 0.29) is 5.82 Å². The van der Waals surface area contributed by atoms with Crippen LogP contribution in [0, 0.1) is 5.82 Å². The van der Waals surface area contributed by atoms with Gasteiger partial charge in [0.15, 0.2) is 0 Å². The number of hydrogen-bond donors (Lipinski definition) is 1. The lowest BCUT2D eigenvalue weighted by atomic mass is 10.1. The van der Waals surface area contributed by atoms with Crippen molar-refractivity contribution >= 4 is 5.69 Å². The summed E-state index contributed by atoms with van der Waals surface area (Å²) < 4.78 is 13.8. The molecule has 3 heteroatoms. The van der Waals surface area contributed by atoms with Gasteiger partial charge in [-0.3, -0.25) is 0 Å². The molecule has 96 valence electrons. The van der Waals surface area contributed by atoms with Gasteiger partial charge in [0, 0.05) is 30.9 Å². The van der Waals surface area contributed by atoms with Crippen LogP contribution in [-0.2, 0) is 6.54 Å². The van der Waals surface area contributed by atoms with E-state index in [1.165, 1.54) is 6.07 Å². The lowest BCUT2D eigenvalue weighted by molar-refractivity contribution is 0.585. The Morgan fingerprint density at radius 1 is 1.18 bits per heavy atom. The van der Waals surface area contributed by atoms with Crippen molar-refractivity contribution in [2.45, 2.75) is 33.7 Å². The molecular formula is C14H23FN2. The van der Waals surface area contributed by atoms with E-state index in [1.807, 2.05) is 6.07 Å². The zero-order valence-electron chi connectivity index (χ0n) is 11.1. The van der Waals surface area contributed by atoms with Gasteiger partial charge in [0.1, 0.15) is 5.82 Å². The fourth-order valence-electron chi connectivity index (χ4n) is 1.97.